The summed E-state index contributed by atoms with van der Waals surface area (Å²) < 4.78 is 2.19. The van der Waals surface area contributed by atoms with E-state index in [1.165, 1.54) is 6.42 Å². The zero-order valence-electron chi connectivity index (χ0n) is 20.1. The number of nitrogens with one attached hydrogen (secondary N) is 2. The molecule has 182 valence electrons. The van der Waals surface area contributed by atoms with Gasteiger partial charge in [-0.25, -0.2) is 0 Å². The van der Waals surface area contributed by atoms with Crippen molar-refractivity contribution < 1.29 is 9.59 Å². The van der Waals surface area contributed by atoms with E-state index in [1.807, 2.05) is 72.8 Å². The highest BCUT2D eigenvalue weighted by molar-refractivity contribution is 5.96. The predicted molar refractivity (Wildman–Crippen MR) is 139 cm³/mol. The van der Waals surface area contributed by atoms with Gasteiger partial charge in [-0.15, -0.1) is 10.2 Å². The van der Waals surface area contributed by atoms with Gasteiger partial charge in [0.2, 0.25) is 5.91 Å². The molecule has 0 bridgehead atoms. The van der Waals surface area contributed by atoms with Gasteiger partial charge in [0.15, 0.2) is 5.82 Å². The molecule has 0 saturated carbocycles. The summed E-state index contributed by atoms with van der Waals surface area (Å²) in [6.07, 6.45) is 4.50. The second kappa shape index (κ2) is 11.0. The second-order valence-electron chi connectivity index (χ2n) is 9.04. The molecule has 2 heterocycles. The SMILES string of the molecule is O=C(CC(NC(=O)c1ccccc1)c1ccccc1)Nc1cccc(-c2nnc3n2CCCCC3)c1. The van der Waals surface area contributed by atoms with Crippen LogP contribution in [0.3, 0.4) is 0 Å². The fourth-order valence-electron chi connectivity index (χ4n) is 4.60. The number of hydrogen-bond acceptors (Lipinski definition) is 4. The summed E-state index contributed by atoms with van der Waals surface area (Å²) in [6.45, 7) is 0.911. The molecule has 0 aliphatic carbocycles. The third kappa shape index (κ3) is 5.51. The van der Waals surface area contributed by atoms with Gasteiger partial charge in [0.25, 0.3) is 5.91 Å². The summed E-state index contributed by atoms with van der Waals surface area (Å²) in [5.41, 5.74) is 3.03. The summed E-state index contributed by atoms with van der Waals surface area (Å²) in [7, 11) is 0. The molecule has 1 unspecified atom stereocenters. The minimum Gasteiger partial charge on any atom is -0.345 e. The Labute approximate surface area is 210 Å². The zero-order chi connectivity index (χ0) is 24.7. The van der Waals surface area contributed by atoms with Gasteiger partial charge in [-0.3, -0.25) is 9.59 Å². The van der Waals surface area contributed by atoms with Gasteiger partial charge in [0, 0.05) is 29.8 Å². The van der Waals surface area contributed by atoms with Crippen molar-refractivity contribution in [2.45, 2.75) is 44.7 Å². The van der Waals surface area contributed by atoms with E-state index in [9.17, 15) is 9.59 Å². The monoisotopic (exact) mass is 479 g/mol. The number of benzene rings is 3. The molecule has 0 saturated heterocycles. The van der Waals surface area contributed by atoms with Crippen molar-refractivity contribution in [2.75, 3.05) is 5.32 Å². The number of amides is 2. The first kappa shape index (κ1) is 23.5. The van der Waals surface area contributed by atoms with E-state index in [2.05, 4.69) is 25.4 Å². The molecule has 2 N–H and O–H groups in total. The van der Waals surface area contributed by atoms with Gasteiger partial charge in [-0.1, -0.05) is 67.1 Å². The maximum Gasteiger partial charge on any atom is 0.251 e. The molecule has 4 aromatic rings. The molecule has 2 amide bonds. The van der Waals surface area contributed by atoms with Gasteiger partial charge >= 0.3 is 0 Å². The fraction of sp³-hybridized carbons (Fsp3) is 0.241. The van der Waals surface area contributed by atoms with Crippen LogP contribution in [0.5, 0.6) is 0 Å². The summed E-state index contributed by atoms with van der Waals surface area (Å²) in [5, 5.41) is 14.8. The van der Waals surface area contributed by atoms with Gasteiger partial charge in [-0.2, -0.15) is 0 Å². The highest BCUT2D eigenvalue weighted by Crippen LogP contribution is 2.25. The van der Waals surface area contributed by atoms with Crippen molar-refractivity contribution in [1.29, 1.82) is 0 Å². The molecule has 0 radical (unpaired) electrons. The Balaban J connectivity index is 1.31. The zero-order valence-corrected chi connectivity index (χ0v) is 20.1. The van der Waals surface area contributed by atoms with Gasteiger partial charge in [0.1, 0.15) is 5.82 Å². The van der Waals surface area contributed by atoms with Crippen molar-refractivity contribution in [1.82, 2.24) is 20.1 Å². The highest BCUT2D eigenvalue weighted by Gasteiger charge is 2.20. The summed E-state index contributed by atoms with van der Waals surface area (Å²) in [6, 6.07) is 25.8. The van der Waals surface area contributed by atoms with Crippen molar-refractivity contribution in [3.63, 3.8) is 0 Å². The first-order valence-electron chi connectivity index (χ1n) is 12.4. The Bertz CT molecular complexity index is 1330. The van der Waals surface area contributed by atoms with Crippen molar-refractivity contribution >= 4 is 17.5 Å². The summed E-state index contributed by atoms with van der Waals surface area (Å²) in [4.78, 5) is 25.9. The van der Waals surface area contributed by atoms with Gasteiger partial charge < -0.3 is 15.2 Å². The first-order chi connectivity index (χ1) is 17.7. The van der Waals surface area contributed by atoms with E-state index in [1.54, 1.807) is 12.1 Å². The number of rotatable bonds is 7. The van der Waals surface area contributed by atoms with Crippen LogP contribution in [0, 0.1) is 0 Å². The number of aromatic nitrogens is 3. The molecule has 7 nitrogen and oxygen atoms in total. The van der Waals surface area contributed by atoms with E-state index in [0.717, 1.165) is 48.6 Å². The van der Waals surface area contributed by atoms with Crippen molar-refractivity contribution in [3.05, 3.63) is 102 Å². The Morgan fingerprint density at radius 3 is 2.44 bits per heavy atom. The molecule has 5 rings (SSSR count). The maximum absolute atomic E-state index is 13.1. The maximum atomic E-state index is 13.1. The second-order valence-corrected chi connectivity index (χ2v) is 9.04. The number of aryl methyl sites for hydroxylation is 1. The van der Waals surface area contributed by atoms with Crippen molar-refractivity contribution in [2.24, 2.45) is 0 Å². The first-order valence-corrected chi connectivity index (χ1v) is 12.4. The van der Waals surface area contributed by atoms with Crippen LogP contribution in [-0.4, -0.2) is 26.6 Å². The van der Waals surface area contributed by atoms with Crippen LogP contribution in [0.25, 0.3) is 11.4 Å². The molecule has 1 aromatic heterocycles. The lowest BCUT2D eigenvalue weighted by Crippen LogP contribution is -2.31. The van der Waals surface area contributed by atoms with Gasteiger partial charge in [-0.05, 0) is 42.7 Å². The van der Waals surface area contributed by atoms with Crippen molar-refractivity contribution in [3.8, 4) is 11.4 Å². The van der Waals surface area contributed by atoms with Crippen LogP contribution in [-0.2, 0) is 17.8 Å². The highest BCUT2D eigenvalue weighted by atomic mass is 16.2. The average Bonchev–Trinajstić information content (AvgIpc) is 3.17. The van der Waals surface area contributed by atoms with Crippen LogP contribution in [0.1, 0.15) is 53.5 Å². The third-order valence-corrected chi connectivity index (χ3v) is 6.45. The topological polar surface area (TPSA) is 88.9 Å². The Morgan fingerprint density at radius 2 is 1.64 bits per heavy atom. The van der Waals surface area contributed by atoms with Gasteiger partial charge in [0.05, 0.1) is 12.5 Å². The molecular weight excluding hydrogens is 450 g/mol. The lowest BCUT2D eigenvalue weighted by molar-refractivity contribution is -0.116. The third-order valence-electron chi connectivity index (χ3n) is 6.45. The molecule has 3 aromatic carbocycles. The standard InChI is InChI=1S/C29H29N5O2/c35-27(20-25(21-11-4-1-5-12-21)31-29(36)22-13-6-2-7-14-22)30-24-16-10-15-23(19-24)28-33-32-26-17-8-3-9-18-34(26)28/h1-2,4-7,10-16,19,25H,3,8-9,17-18,20H2,(H,30,35)(H,31,36). The summed E-state index contributed by atoms with van der Waals surface area (Å²) >= 11 is 0. The molecule has 1 aliphatic rings. The van der Waals surface area contributed by atoms with Crippen LogP contribution >= 0.6 is 0 Å². The van der Waals surface area contributed by atoms with Crippen LogP contribution in [0.4, 0.5) is 5.69 Å². The number of fused-ring (bicyclic) bond motifs is 1. The number of nitrogens with zero attached hydrogens (tertiary/aromatic N) is 3. The van der Waals surface area contributed by atoms with E-state index in [4.69, 9.17) is 0 Å². The average molecular weight is 480 g/mol. The molecule has 1 atom stereocenters. The van der Waals surface area contributed by atoms with Crippen LogP contribution in [0.15, 0.2) is 84.9 Å². The molecule has 0 spiro atoms. The number of carbonyl (C=O) groups is 2. The number of hydrogen-bond donors (Lipinski definition) is 2. The van der Waals surface area contributed by atoms with E-state index in [-0.39, 0.29) is 18.2 Å². The predicted octanol–water partition coefficient (Wildman–Crippen LogP) is 5.17. The minimum absolute atomic E-state index is 0.104. The van der Waals surface area contributed by atoms with Crippen LogP contribution < -0.4 is 10.6 Å². The lowest BCUT2D eigenvalue weighted by atomic mass is 10.0. The van der Waals surface area contributed by atoms with Crippen LogP contribution in [0.2, 0.25) is 0 Å². The van der Waals surface area contributed by atoms with E-state index >= 15 is 0 Å². The smallest absolute Gasteiger partial charge is 0.251 e. The molecule has 0 fully saturated rings. The minimum atomic E-state index is -0.464. The van der Waals surface area contributed by atoms with E-state index in [0.29, 0.717) is 11.3 Å². The fourth-order valence-corrected chi connectivity index (χ4v) is 4.60. The largest absolute Gasteiger partial charge is 0.345 e. The molecular formula is C29H29N5O2. The number of carbonyl (C=O) groups excluding carboxylic acids is 2. The molecule has 7 heteroatoms. The Morgan fingerprint density at radius 1 is 0.861 bits per heavy atom. The molecule has 1 aliphatic heterocycles. The summed E-state index contributed by atoms with van der Waals surface area (Å²) in [5.74, 6) is 1.46. The van der Waals surface area contributed by atoms with E-state index < -0.39 is 6.04 Å². The Kier molecular flexibility index (Phi) is 7.17. The Hall–Kier alpha value is -4.26. The lowest BCUT2D eigenvalue weighted by Gasteiger charge is -2.19. The quantitative estimate of drug-likeness (QED) is 0.383. The number of anilines is 1. The normalized spacial score (nSPS) is 13.8. The molecule has 36 heavy (non-hydrogen) atoms.